The van der Waals surface area contributed by atoms with Crippen LogP contribution < -0.4 is 0 Å². The van der Waals surface area contributed by atoms with E-state index in [4.69, 9.17) is 4.99 Å². The lowest BCUT2D eigenvalue weighted by atomic mass is 9.87. The highest BCUT2D eigenvalue weighted by Crippen LogP contribution is 2.50. The van der Waals surface area contributed by atoms with E-state index in [2.05, 4.69) is 22.7 Å². The van der Waals surface area contributed by atoms with Crippen LogP contribution in [0.25, 0.3) is 21.9 Å². The molecule has 2 saturated heterocycles. The van der Waals surface area contributed by atoms with Crippen molar-refractivity contribution in [3.8, 4) is 11.1 Å². The maximum absolute atomic E-state index is 16.8. The van der Waals surface area contributed by atoms with Crippen molar-refractivity contribution >= 4 is 29.0 Å². The zero-order valence-electron chi connectivity index (χ0n) is 24.8. The number of hydrogen-bond donors (Lipinski definition) is 0. The molecule has 0 amide bonds. The molecule has 1 saturated carbocycles. The Kier molecular flexibility index (Phi) is 7.71. The van der Waals surface area contributed by atoms with Gasteiger partial charge in [0.05, 0.1) is 0 Å². The molecule has 3 aromatic rings. The number of fused-ring (bicyclic) bond motifs is 2. The van der Waals surface area contributed by atoms with Crippen molar-refractivity contribution in [2.24, 2.45) is 9.98 Å². The third kappa shape index (κ3) is 4.98. The van der Waals surface area contributed by atoms with Gasteiger partial charge in [0, 0.05) is 37.3 Å². The summed E-state index contributed by atoms with van der Waals surface area (Å²) in [5.74, 6) is 0.369. The third-order valence-corrected chi connectivity index (χ3v) is 9.70. The summed E-state index contributed by atoms with van der Waals surface area (Å²) in [5.41, 5.74) is 4.14. The van der Waals surface area contributed by atoms with Gasteiger partial charge in [-0.1, -0.05) is 31.2 Å². The van der Waals surface area contributed by atoms with E-state index in [-0.39, 0.29) is 23.2 Å². The molecule has 3 aromatic carbocycles. The molecule has 0 atom stereocenters. The van der Waals surface area contributed by atoms with Crippen LogP contribution in [0.15, 0.2) is 46.4 Å². The van der Waals surface area contributed by atoms with Gasteiger partial charge in [0.1, 0.15) is 17.3 Å². The number of halogens is 2. The average Bonchev–Trinajstić information content (AvgIpc) is 3.62. The van der Waals surface area contributed by atoms with Gasteiger partial charge in [-0.25, -0.2) is 8.78 Å². The van der Waals surface area contributed by atoms with Gasteiger partial charge in [0.2, 0.25) is 0 Å². The van der Waals surface area contributed by atoms with E-state index in [0.717, 1.165) is 47.0 Å². The number of rotatable bonds is 9. The first-order valence-corrected chi connectivity index (χ1v) is 15.4. The Morgan fingerprint density at radius 2 is 1.85 bits per heavy atom. The zero-order valence-corrected chi connectivity index (χ0v) is 24.8. The molecule has 0 N–H and O–H groups in total. The van der Waals surface area contributed by atoms with Gasteiger partial charge in [0.25, 0.3) is 0 Å². The second-order valence-electron chi connectivity index (χ2n) is 12.4. The van der Waals surface area contributed by atoms with Crippen molar-refractivity contribution < 1.29 is 8.78 Å². The summed E-state index contributed by atoms with van der Waals surface area (Å²) < 4.78 is 31.8. The van der Waals surface area contributed by atoms with Crippen molar-refractivity contribution in [3.63, 3.8) is 0 Å². The smallest absolute Gasteiger partial charge is 0.157 e. The second kappa shape index (κ2) is 11.3. The number of amidine groups is 1. The van der Waals surface area contributed by atoms with Crippen LogP contribution >= 0.6 is 0 Å². The van der Waals surface area contributed by atoms with E-state index in [0.29, 0.717) is 35.2 Å². The van der Waals surface area contributed by atoms with Crippen LogP contribution in [0.2, 0.25) is 0 Å². The molecule has 0 unspecified atom stereocenters. The molecule has 6 rings (SSSR count). The van der Waals surface area contributed by atoms with Crippen LogP contribution in [0, 0.1) is 11.6 Å². The Hall–Kier alpha value is -3.12. The highest BCUT2D eigenvalue weighted by atomic mass is 19.1. The fourth-order valence-electron chi connectivity index (χ4n) is 7.65. The quantitative estimate of drug-likeness (QED) is 0.151. The molecule has 2 aliphatic heterocycles. The lowest BCUT2D eigenvalue weighted by molar-refractivity contribution is 0.180. The van der Waals surface area contributed by atoms with E-state index in [9.17, 15) is 4.39 Å². The lowest BCUT2D eigenvalue weighted by Gasteiger charge is -2.32. The maximum Gasteiger partial charge on any atom is 0.157 e. The predicted octanol–water partition coefficient (Wildman–Crippen LogP) is 8.27. The second-order valence-corrected chi connectivity index (χ2v) is 12.4. The molecule has 6 heteroatoms. The standard InChI is InChI=1S/C35H42F2N4/c1-5-25-29(36)15-14-24-10-6-11-26(30(24)25)31-27(23-12-13-23)22-28(33(38-2)32(31)37)34(40(3)4)39-19-7-16-35-17-8-20-41(35)21-9-18-35/h6,10-11,14-15,22-23H,2,5,7-9,12-13,16-21H2,1,3-4H3. The number of nitrogens with zero attached hydrogens (tertiary/aromatic N) is 4. The molecule has 4 nitrogen and oxygen atoms in total. The van der Waals surface area contributed by atoms with Crippen molar-refractivity contribution in [2.75, 3.05) is 33.7 Å². The Labute approximate surface area is 243 Å². The van der Waals surface area contributed by atoms with Crippen molar-refractivity contribution in [2.45, 2.75) is 76.2 Å². The lowest BCUT2D eigenvalue weighted by Crippen LogP contribution is -2.38. The van der Waals surface area contributed by atoms with E-state index in [1.165, 1.54) is 51.3 Å². The fourth-order valence-corrected chi connectivity index (χ4v) is 7.65. The molecule has 0 aromatic heterocycles. The molecule has 0 spiro atoms. The van der Waals surface area contributed by atoms with Crippen LogP contribution in [-0.2, 0) is 6.42 Å². The summed E-state index contributed by atoms with van der Waals surface area (Å²) in [4.78, 5) is 14.0. The van der Waals surface area contributed by atoms with Crippen LogP contribution in [-0.4, -0.2) is 61.6 Å². The molecule has 3 fully saturated rings. The first-order valence-electron chi connectivity index (χ1n) is 15.4. The summed E-state index contributed by atoms with van der Waals surface area (Å²) in [5, 5.41) is 1.70. The zero-order chi connectivity index (χ0) is 28.7. The van der Waals surface area contributed by atoms with Gasteiger partial charge in [-0.2, -0.15) is 0 Å². The Balaban J connectivity index is 1.42. The van der Waals surface area contributed by atoms with Crippen molar-refractivity contribution in [1.82, 2.24) is 9.80 Å². The first kappa shape index (κ1) is 28.0. The average molecular weight is 557 g/mol. The van der Waals surface area contributed by atoms with Crippen LogP contribution in [0.1, 0.15) is 80.9 Å². The Morgan fingerprint density at radius 1 is 1.10 bits per heavy atom. The minimum absolute atomic E-state index is 0.222. The summed E-state index contributed by atoms with van der Waals surface area (Å²) >= 11 is 0. The van der Waals surface area contributed by atoms with Gasteiger partial charge in [-0.05, 0) is 123 Å². The van der Waals surface area contributed by atoms with Gasteiger partial charge < -0.3 is 4.90 Å². The SMILES string of the molecule is C=Nc1c(C(=NCCCC23CCCN2CCC3)N(C)C)cc(C2CC2)c(-c2cccc3ccc(F)c(CC)c23)c1F. The first-order chi connectivity index (χ1) is 19.9. The minimum Gasteiger partial charge on any atom is -0.362 e. The molecule has 216 valence electrons. The Morgan fingerprint density at radius 3 is 2.51 bits per heavy atom. The van der Waals surface area contributed by atoms with E-state index in [1.807, 2.05) is 44.1 Å². The van der Waals surface area contributed by atoms with Crippen LogP contribution in [0.5, 0.6) is 0 Å². The summed E-state index contributed by atoms with van der Waals surface area (Å²) in [7, 11) is 3.92. The van der Waals surface area contributed by atoms with E-state index < -0.39 is 0 Å². The minimum atomic E-state index is -0.390. The topological polar surface area (TPSA) is 31.2 Å². The third-order valence-electron chi connectivity index (χ3n) is 9.70. The number of aliphatic imine (C=N–C) groups is 2. The van der Waals surface area contributed by atoms with Gasteiger partial charge >= 0.3 is 0 Å². The highest BCUT2D eigenvalue weighted by Gasteiger charge is 2.43. The van der Waals surface area contributed by atoms with Crippen molar-refractivity contribution in [3.05, 3.63) is 64.7 Å². The largest absolute Gasteiger partial charge is 0.362 e. The molecular formula is C35H42F2N4. The molecule has 3 aliphatic rings. The fraction of sp³-hybridized carbons (Fsp3) is 0.486. The summed E-state index contributed by atoms with van der Waals surface area (Å²) in [6, 6.07) is 11.2. The number of hydrogen-bond acceptors (Lipinski definition) is 3. The summed E-state index contributed by atoms with van der Waals surface area (Å²) in [6.45, 7) is 8.90. The maximum atomic E-state index is 16.8. The van der Waals surface area contributed by atoms with Gasteiger partial charge in [-0.15, -0.1) is 0 Å². The molecule has 41 heavy (non-hydrogen) atoms. The molecule has 0 radical (unpaired) electrons. The molecule has 0 bridgehead atoms. The molecular weight excluding hydrogens is 514 g/mol. The normalized spacial score (nSPS) is 18.7. The predicted molar refractivity (Wildman–Crippen MR) is 167 cm³/mol. The van der Waals surface area contributed by atoms with E-state index in [1.54, 1.807) is 6.07 Å². The van der Waals surface area contributed by atoms with Crippen molar-refractivity contribution in [1.29, 1.82) is 0 Å². The summed E-state index contributed by atoms with van der Waals surface area (Å²) in [6.07, 6.45) is 9.96. The van der Waals surface area contributed by atoms with Crippen LogP contribution in [0.3, 0.4) is 0 Å². The van der Waals surface area contributed by atoms with Gasteiger partial charge in [-0.3, -0.25) is 14.9 Å². The van der Waals surface area contributed by atoms with Gasteiger partial charge in [0.15, 0.2) is 5.82 Å². The highest BCUT2D eigenvalue weighted by molar-refractivity contribution is 6.06. The Bertz CT molecular complexity index is 1490. The molecule has 2 heterocycles. The monoisotopic (exact) mass is 556 g/mol. The number of benzene rings is 3. The number of aryl methyl sites for hydroxylation is 1. The van der Waals surface area contributed by atoms with E-state index >= 15 is 4.39 Å². The molecule has 1 aliphatic carbocycles. The van der Waals surface area contributed by atoms with Crippen LogP contribution in [0.4, 0.5) is 14.5 Å².